The van der Waals surface area contributed by atoms with Gasteiger partial charge in [-0.2, -0.15) is 0 Å². The summed E-state index contributed by atoms with van der Waals surface area (Å²) in [5.74, 6) is 0. The largest absolute Gasteiger partial charge is 0.357 e. The maximum atomic E-state index is 2.18. The first-order chi connectivity index (χ1) is 9.72. The van der Waals surface area contributed by atoms with Crippen LogP contribution in [-0.4, -0.2) is 23.9 Å². The van der Waals surface area contributed by atoms with Gasteiger partial charge in [0.15, 0.2) is 0 Å². The predicted octanol–water partition coefficient (Wildman–Crippen LogP) is 1.93. The summed E-state index contributed by atoms with van der Waals surface area (Å²) >= 11 is 0. The molecule has 1 aromatic rings. The van der Waals surface area contributed by atoms with Gasteiger partial charge in [0.2, 0.25) is 0 Å². The summed E-state index contributed by atoms with van der Waals surface area (Å²) in [4.78, 5) is 4.09. The smallest absolute Gasteiger partial charge is 0.0106 e. The second-order valence-electron chi connectivity index (χ2n) is 5.08. The van der Waals surface area contributed by atoms with E-state index in [2.05, 4.69) is 73.4 Å². The molecule has 0 aromatic heterocycles. The van der Waals surface area contributed by atoms with Gasteiger partial charge >= 0.3 is 0 Å². The van der Waals surface area contributed by atoms with Crippen molar-refractivity contribution in [3.05, 3.63) is 83.8 Å². The highest BCUT2D eigenvalue weighted by Crippen LogP contribution is 2.08. The van der Waals surface area contributed by atoms with Crippen molar-refractivity contribution in [1.29, 1.82) is 0 Å². The first-order valence-electron chi connectivity index (χ1n) is 6.74. The number of allylic oxidation sites excluding steroid dienone is 4. The van der Waals surface area contributed by atoms with Crippen LogP contribution in [0, 0.1) is 0 Å². The quantitative estimate of drug-likeness (QED) is 0.705. The Labute approximate surface area is 119 Å². The molecular weight excluding hydrogens is 244 g/mol. The molecule has 100 valence electrons. The Kier molecular flexibility index (Phi) is 3.30. The lowest BCUT2D eigenvalue weighted by Crippen LogP contribution is -2.14. The van der Waals surface area contributed by atoms with Gasteiger partial charge in [-0.15, -0.1) is 0 Å². The van der Waals surface area contributed by atoms with Gasteiger partial charge in [-0.05, 0) is 45.9 Å². The number of hydrogen-bond donors (Lipinski definition) is 0. The van der Waals surface area contributed by atoms with E-state index < -0.39 is 0 Å². The summed E-state index contributed by atoms with van der Waals surface area (Å²) in [6.45, 7) is 0. The minimum Gasteiger partial charge on any atom is -0.357 e. The molecule has 0 N–H and O–H groups in total. The van der Waals surface area contributed by atoms with E-state index in [4.69, 9.17) is 0 Å². The highest BCUT2D eigenvalue weighted by Gasteiger charge is 1.98. The standard InChI is InChI=1S/C18H18N2/c1-19-11-7-17(8-12-19)15-3-5-16(6-4-15)18-9-13-20(2)14-10-18/h3-14H,1-2H3. The van der Waals surface area contributed by atoms with Crippen molar-refractivity contribution in [2.75, 3.05) is 14.1 Å². The van der Waals surface area contributed by atoms with Gasteiger partial charge in [0.25, 0.3) is 0 Å². The highest BCUT2D eigenvalue weighted by molar-refractivity contribution is 5.69. The monoisotopic (exact) mass is 262 g/mol. The molecule has 0 bridgehead atoms. The van der Waals surface area contributed by atoms with E-state index in [9.17, 15) is 0 Å². The Bertz CT molecular complexity index is 628. The average Bonchev–Trinajstić information content (AvgIpc) is 2.49. The molecule has 0 saturated heterocycles. The van der Waals surface area contributed by atoms with Gasteiger partial charge in [-0.25, -0.2) is 0 Å². The van der Waals surface area contributed by atoms with Crippen LogP contribution in [0.3, 0.4) is 0 Å². The summed E-state index contributed by atoms with van der Waals surface area (Å²) in [6.07, 6.45) is 16.8. The molecule has 2 aliphatic heterocycles. The minimum atomic E-state index is 1.24. The molecule has 2 nitrogen and oxygen atoms in total. The number of nitrogens with zero attached hydrogens (tertiary/aromatic N) is 2. The molecule has 0 atom stereocenters. The SMILES string of the molecule is CN1C=CC(=c2ccc(=C3C=CN(C)C=C3)cc2)C=C1. The van der Waals surface area contributed by atoms with Crippen LogP contribution in [0.15, 0.2) is 73.4 Å². The zero-order valence-electron chi connectivity index (χ0n) is 11.8. The van der Waals surface area contributed by atoms with Gasteiger partial charge in [0, 0.05) is 38.9 Å². The zero-order chi connectivity index (χ0) is 13.9. The van der Waals surface area contributed by atoms with Crippen LogP contribution in [-0.2, 0) is 0 Å². The zero-order valence-corrected chi connectivity index (χ0v) is 11.8. The van der Waals surface area contributed by atoms with E-state index in [1.165, 1.54) is 21.6 Å². The molecule has 1 aromatic carbocycles. The number of rotatable bonds is 0. The Morgan fingerprint density at radius 3 is 1.15 bits per heavy atom. The van der Waals surface area contributed by atoms with Gasteiger partial charge in [0.05, 0.1) is 0 Å². The lowest BCUT2D eigenvalue weighted by atomic mass is 10.1. The third-order valence-corrected chi connectivity index (χ3v) is 3.51. The van der Waals surface area contributed by atoms with Crippen LogP contribution < -0.4 is 10.4 Å². The maximum Gasteiger partial charge on any atom is 0.0106 e. The number of benzene rings is 1. The van der Waals surface area contributed by atoms with Crippen LogP contribution in [0.4, 0.5) is 0 Å². The molecule has 2 heteroatoms. The Morgan fingerprint density at radius 1 is 0.550 bits per heavy atom. The normalized spacial score (nSPS) is 17.3. The van der Waals surface area contributed by atoms with Crippen molar-refractivity contribution in [2.45, 2.75) is 0 Å². The second kappa shape index (κ2) is 5.25. The third-order valence-electron chi connectivity index (χ3n) is 3.51. The fourth-order valence-electron chi connectivity index (χ4n) is 2.24. The summed E-state index contributed by atoms with van der Waals surface area (Å²) in [7, 11) is 4.06. The molecule has 2 heterocycles. The van der Waals surface area contributed by atoms with E-state index in [1.54, 1.807) is 0 Å². The van der Waals surface area contributed by atoms with Crippen molar-refractivity contribution in [1.82, 2.24) is 9.80 Å². The summed E-state index contributed by atoms with van der Waals surface area (Å²) in [5, 5.41) is 2.49. The van der Waals surface area contributed by atoms with Crippen molar-refractivity contribution < 1.29 is 0 Å². The number of hydrogen-bond acceptors (Lipinski definition) is 2. The lowest BCUT2D eigenvalue weighted by Gasteiger charge is -2.12. The molecule has 0 spiro atoms. The Hall–Kier alpha value is -2.48. The molecule has 0 fully saturated rings. The summed E-state index contributed by atoms with van der Waals surface area (Å²) < 4.78 is 0. The fourth-order valence-corrected chi connectivity index (χ4v) is 2.24. The van der Waals surface area contributed by atoms with Crippen LogP contribution in [0.2, 0.25) is 0 Å². The van der Waals surface area contributed by atoms with E-state index >= 15 is 0 Å². The molecule has 0 unspecified atom stereocenters. The Balaban J connectivity index is 2.01. The first kappa shape index (κ1) is 12.5. The predicted molar refractivity (Wildman–Crippen MR) is 84.6 cm³/mol. The van der Waals surface area contributed by atoms with E-state index in [-0.39, 0.29) is 0 Å². The molecule has 0 saturated carbocycles. The van der Waals surface area contributed by atoms with Crippen LogP contribution in [0.1, 0.15) is 0 Å². The molecule has 2 aliphatic rings. The Morgan fingerprint density at radius 2 is 0.850 bits per heavy atom. The maximum absolute atomic E-state index is 2.18. The van der Waals surface area contributed by atoms with Crippen molar-refractivity contribution in [2.24, 2.45) is 0 Å². The molecule has 20 heavy (non-hydrogen) atoms. The van der Waals surface area contributed by atoms with Gasteiger partial charge < -0.3 is 9.80 Å². The van der Waals surface area contributed by atoms with Crippen LogP contribution in [0.5, 0.6) is 0 Å². The average molecular weight is 262 g/mol. The van der Waals surface area contributed by atoms with Crippen molar-refractivity contribution >= 4 is 11.1 Å². The third kappa shape index (κ3) is 2.59. The van der Waals surface area contributed by atoms with Gasteiger partial charge in [-0.1, -0.05) is 24.3 Å². The molecule has 0 aliphatic carbocycles. The second-order valence-corrected chi connectivity index (χ2v) is 5.08. The fraction of sp³-hybridized carbons (Fsp3) is 0.111. The van der Waals surface area contributed by atoms with E-state index in [1.807, 2.05) is 23.9 Å². The lowest BCUT2D eigenvalue weighted by molar-refractivity contribution is 0.623. The molecule has 0 amide bonds. The van der Waals surface area contributed by atoms with Crippen molar-refractivity contribution in [3.8, 4) is 0 Å². The minimum absolute atomic E-state index is 1.24. The molecule has 3 rings (SSSR count). The van der Waals surface area contributed by atoms with E-state index in [0.29, 0.717) is 0 Å². The van der Waals surface area contributed by atoms with Crippen LogP contribution in [0.25, 0.3) is 11.1 Å². The highest BCUT2D eigenvalue weighted by atomic mass is 15.1. The van der Waals surface area contributed by atoms with Gasteiger partial charge in [-0.3, -0.25) is 0 Å². The summed E-state index contributed by atoms with van der Waals surface area (Å²) in [5.41, 5.74) is 2.49. The summed E-state index contributed by atoms with van der Waals surface area (Å²) in [6, 6.07) is 8.71. The van der Waals surface area contributed by atoms with Crippen molar-refractivity contribution in [3.63, 3.8) is 0 Å². The van der Waals surface area contributed by atoms with Gasteiger partial charge in [0.1, 0.15) is 0 Å². The topological polar surface area (TPSA) is 6.48 Å². The van der Waals surface area contributed by atoms with E-state index in [0.717, 1.165) is 0 Å². The van der Waals surface area contributed by atoms with Crippen LogP contribution >= 0.6 is 0 Å². The molecule has 0 radical (unpaired) electrons. The molecular formula is C18H18N2. The first-order valence-corrected chi connectivity index (χ1v) is 6.74.